The average molecular weight is 226 g/mol. The third kappa shape index (κ3) is 3.98. The number of methoxy groups -OCH3 is 2. The maximum absolute atomic E-state index is 5.51. The summed E-state index contributed by atoms with van der Waals surface area (Å²) in [5.41, 5.74) is 0. The molecule has 0 fully saturated rings. The Labute approximate surface area is 96.1 Å². The number of ether oxygens (including phenoxy) is 4. The second kappa shape index (κ2) is 6.95. The minimum absolute atomic E-state index is 0.518. The second-order valence-electron chi connectivity index (χ2n) is 3.09. The van der Waals surface area contributed by atoms with Crippen molar-refractivity contribution in [3.05, 3.63) is 18.2 Å². The van der Waals surface area contributed by atoms with Gasteiger partial charge in [0.05, 0.1) is 20.8 Å². The molecule has 0 bridgehead atoms. The van der Waals surface area contributed by atoms with Gasteiger partial charge in [0.1, 0.15) is 23.9 Å². The van der Waals surface area contributed by atoms with E-state index in [-0.39, 0.29) is 0 Å². The molecule has 90 valence electrons. The van der Waals surface area contributed by atoms with Gasteiger partial charge in [-0.15, -0.1) is 0 Å². The van der Waals surface area contributed by atoms with Crippen molar-refractivity contribution >= 4 is 0 Å². The fraction of sp³-hybridized carbons (Fsp3) is 0.500. The molecule has 1 rings (SSSR count). The molecule has 0 atom stereocenters. The highest BCUT2D eigenvalue weighted by Gasteiger charge is 2.02. The molecule has 0 aliphatic rings. The summed E-state index contributed by atoms with van der Waals surface area (Å²) in [7, 11) is 3.22. The Morgan fingerprint density at radius 2 is 1.44 bits per heavy atom. The molecular formula is C12H18O4. The smallest absolute Gasteiger partial charge is 0.126 e. The lowest BCUT2D eigenvalue weighted by Crippen LogP contribution is -2.06. The summed E-state index contributed by atoms with van der Waals surface area (Å²) in [6, 6.07) is 5.43. The first kappa shape index (κ1) is 12.6. The molecule has 0 unspecified atom stereocenters. The first-order valence-corrected chi connectivity index (χ1v) is 5.23. The van der Waals surface area contributed by atoms with Crippen LogP contribution >= 0.6 is 0 Å². The Morgan fingerprint density at radius 3 is 1.94 bits per heavy atom. The SMILES string of the molecule is CCOCCOc1cc(OC)cc(OC)c1. The second-order valence-corrected chi connectivity index (χ2v) is 3.09. The van der Waals surface area contributed by atoms with Crippen molar-refractivity contribution in [2.45, 2.75) is 6.92 Å². The zero-order valence-electron chi connectivity index (χ0n) is 9.99. The molecule has 0 saturated carbocycles. The zero-order chi connectivity index (χ0) is 11.8. The molecule has 4 nitrogen and oxygen atoms in total. The van der Waals surface area contributed by atoms with Crippen LogP contribution in [0.2, 0.25) is 0 Å². The molecule has 0 aromatic heterocycles. The topological polar surface area (TPSA) is 36.9 Å². The molecule has 1 aromatic rings. The van der Waals surface area contributed by atoms with Crippen LogP contribution in [0.3, 0.4) is 0 Å². The van der Waals surface area contributed by atoms with Crippen LogP contribution in [0.5, 0.6) is 17.2 Å². The first-order valence-electron chi connectivity index (χ1n) is 5.23. The first-order chi connectivity index (χ1) is 7.80. The van der Waals surface area contributed by atoms with Crippen LogP contribution in [0, 0.1) is 0 Å². The Bertz CT molecular complexity index is 290. The van der Waals surface area contributed by atoms with Crippen molar-refractivity contribution in [2.24, 2.45) is 0 Å². The highest BCUT2D eigenvalue weighted by Crippen LogP contribution is 2.27. The van der Waals surface area contributed by atoms with Gasteiger partial charge < -0.3 is 18.9 Å². The fourth-order valence-electron chi connectivity index (χ4n) is 1.23. The van der Waals surface area contributed by atoms with E-state index < -0.39 is 0 Å². The maximum atomic E-state index is 5.51. The van der Waals surface area contributed by atoms with Gasteiger partial charge in [-0.2, -0.15) is 0 Å². The van der Waals surface area contributed by atoms with Crippen molar-refractivity contribution in [1.29, 1.82) is 0 Å². The van der Waals surface area contributed by atoms with Crippen LogP contribution in [0.15, 0.2) is 18.2 Å². The van der Waals surface area contributed by atoms with Crippen LogP contribution < -0.4 is 14.2 Å². The Morgan fingerprint density at radius 1 is 0.875 bits per heavy atom. The van der Waals surface area contributed by atoms with Crippen LogP contribution in [-0.4, -0.2) is 34.0 Å². The number of benzene rings is 1. The van der Waals surface area contributed by atoms with Crippen LogP contribution in [-0.2, 0) is 4.74 Å². The van der Waals surface area contributed by atoms with E-state index in [4.69, 9.17) is 18.9 Å². The summed E-state index contributed by atoms with van der Waals surface area (Å²) in [5, 5.41) is 0. The standard InChI is InChI=1S/C12H18O4/c1-4-15-5-6-16-12-8-10(13-2)7-11(9-12)14-3/h7-9H,4-6H2,1-3H3. The highest BCUT2D eigenvalue weighted by atomic mass is 16.5. The van der Waals surface area contributed by atoms with Crippen LogP contribution in [0.1, 0.15) is 6.92 Å². The molecule has 0 aliphatic carbocycles. The van der Waals surface area contributed by atoms with E-state index in [1.807, 2.05) is 19.1 Å². The quantitative estimate of drug-likeness (QED) is 0.667. The van der Waals surface area contributed by atoms with E-state index in [1.165, 1.54) is 0 Å². The molecule has 1 aromatic carbocycles. The van der Waals surface area contributed by atoms with Crippen LogP contribution in [0.25, 0.3) is 0 Å². The van der Waals surface area contributed by atoms with Gasteiger partial charge in [0, 0.05) is 24.8 Å². The summed E-state index contributed by atoms with van der Waals surface area (Å²) >= 11 is 0. The molecule has 4 heteroatoms. The van der Waals surface area contributed by atoms with E-state index in [0.29, 0.717) is 31.3 Å². The summed E-state index contributed by atoms with van der Waals surface area (Å²) in [6.45, 7) is 3.75. The predicted molar refractivity (Wildman–Crippen MR) is 61.5 cm³/mol. The number of rotatable bonds is 7. The Kier molecular flexibility index (Phi) is 5.50. The molecule has 0 saturated heterocycles. The van der Waals surface area contributed by atoms with Gasteiger partial charge in [-0.05, 0) is 6.92 Å². The predicted octanol–water partition coefficient (Wildman–Crippen LogP) is 2.12. The lowest BCUT2D eigenvalue weighted by atomic mass is 10.3. The highest BCUT2D eigenvalue weighted by molar-refractivity contribution is 5.41. The normalized spacial score (nSPS) is 9.94. The van der Waals surface area contributed by atoms with Crippen molar-refractivity contribution in [1.82, 2.24) is 0 Å². The molecule has 0 amide bonds. The van der Waals surface area contributed by atoms with E-state index >= 15 is 0 Å². The van der Waals surface area contributed by atoms with Gasteiger partial charge in [-0.3, -0.25) is 0 Å². The number of hydrogen-bond donors (Lipinski definition) is 0. The lowest BCUT2D eigenvalue weighted by Gasteiger charge is -2.10. The Balaban J connectivity index is 2.57. The van der Waals surface area contributed by atoms with E-state index in [0.717, 1.165) is 5.75 Å². The summed E-state index contributed by atoms with van der Waals surface area (Å²) in [6.07, 6.45) is 0. The third-order valence-electron chi connectivity index (χ3n) is 2.03. The third-order valence-corrected chi connectivity index (χ3v) is 2.03. The van der Waals surface area contributed by atoms with Crippen molar-refractivity contribution in [3.8, 4) is 17.2 Å². The average Bonchev–Trinajstić information content (AvgIpc) is 2.34. The monoisotopic (exact) mass is 226 g/mol. The molecule has 0 radical (unpaired) electrons. The summed E-state index contributed by atoms with van der Waals surface area (Å²) < 4.78 is 21.0. The van der Waals surface area contributed by atoms with Crippen molar-refractivity contribution < 1.29 is 18.9 Å². The zero-order valence-corrected chi connectivity index (χ0v) is 9.99. The summed E-state index contributed by atoms with van der Waals surface area (Å²) in [4.78, 5) is 0. The largest absolute Gasteiger partial charge is 0.496 e. The van der Waals surface area contributed by atoms with Crippen LogP contribution in [0.4, 0.5) is 0 Å². The van der Waals surface area contributed by atoms with Gasteiger partial charge >= 0.3 is 0 Å². The van der Waals surface area contributed by atoms with Crippen molar-refractivity contribution in [3.63, 3.8) is 0 Å². The minimum Gasteiger partial charge on any atom is -0.496 e. The van der Waals surface area contributed by atoms with Gasteiger partial charge in [0.15, 0.2) is 0 Å². The molecular weight excluding hydrogens is 208 g/mol. The van der Waals surface area contributed by atoms with Gasteiger partial charge in [-0.1, -0.05) is 0 Å². The van der Waals surface area contributed by atoms with E-state index in [2.05, 4.69) is 0 Å². The summed E-state index contributed by atoms with van der Waals surface area (Å²) in [5.74, 6) is 2.15. The fourth-order valence-corrected chi connectivity index (χ4v) is 1.23. The molecule has 0 N–H and O–H groups in total. The number of hydrogen-bond acceptors (Lipinski definition) is 4. The molecule has 0 heterocycles. The van der Waals surface area contributed by atoms with Gasteiger partial charge in [0.25, 0.3) is 0 Å². The van der Waals surface area contributed by atoms with Gasteiger partial charge in [0.2, 0.25) is 0 Å². The Hall–Kier alpha value is -1.42. The van der Waals surface area contributed by atoms with E-state index in [1.54, 1.807) is 20.3 Å². The van der Waals surface area contributed by atoms with Crippen molar-refractivity contribution in [2.75, 3.05) is 34.0 Å². The van der Waals surface area contributed by atoms with E-state index in [9.17, 15) is 0 Å². The van der Waals surface area contributed by atoms with Gasteiger partial charge in [-0.25, -0.2) is 0 Å². The molecule has 0 spiro atoms. The lowest BCUT2D eigenvalue weighted by molar-refractivity contribution is 0.110. The molecule has 0 aliphatic heterocycles. The molecule has 16 heavy (non-hydrogen) atoms. The maximum Gasteiger partial charge on any atom is 0.126 e. The minimum atomic E-state index is 0.518.